The number of aromatic nitrogens is 4. The van der Waals surface area contributed by atoms with Crippen molar-refractivity contribution in [1.82, 2.24) is 35.1 Å². The third-order valence-corrected chi connectivity index (χ3v) is 10.7. The Bertz CT molecular complexity index is 2410. The van der Waals surface area contributed by atoms with Crippen LogP contribution in [-0.4, -0.2) is 110 Å². The molecule has 18 heteroatoms. The van der Waals surface area contributed by atoms with E-state index in [2.05, 4.69) is 30.5 Å². The largest absolute Gasteiger partial charge is 0.444 e. The summed E-state index contributed by atoms with van der Waals surface area (Å²) in [6.07, 6.45) is 3.27. The molecule has 3 saturated heterocycles. The van der Waals surface area contributed by atoms with Gasteiger partial charge in [0.1, 0.15) is 18.1 Å². The lowest BCUT2D eigenvalue weighted by molar-refractivity contribution is -0.136. The lowest BCUT2D eigenvalue weighted by atomic mass is 10.0. The highest BCUT2D eigenvalue weighted by Crippen LogP contribution is 2.34. The number of benzene rings is 1. The first kappa shape index (κ1) is 35.4. The molecular formula is C38H37FN10O7. The second-order valence-electron chi connectivity index (χ2n) is 14.5. The Morgan fingerprint density at radius 1 is 1.04 bits per heavy atom. The van der Waals surface area contributed by atoms with E-state index >= 15 is 4.39 Å². The number of hydrogen-bond acceptors (Lipinski definition) is 14. The van der Waals surface area contributed by atoms with Gasteiger partial charge in [0.15, 0.2) is 17.1 Å². The SMILES string of the molecule is Cc1cc(-c2nc(C(=O)Nc3cc4oc(N5CCN(Cc6ccc7c(c6F)CN(C6CCC(=O)NC6=O)C7=O)CC5)nc4nc3N3CCC(O)C3)co2)ccn1. The van der Waals surface area contributed by atoms with Crippen LogP contribution in [0.25, 0.3) is 22.7 Å². The number of hydrogen-bond donors (Lipinski definition) is 3. The lowest BCUT2D eigenvalue weighted by Crippen LogP contribution is -2.52. The number of β-amino-alcohol motifs (C(OH)–C–C–N with tert-alkyl or cyclic N) is 1. The maximum atomic E-state index is 15.9. The summed E-state index contributed by atoms with van der Waals surface area (Å²) < 4.78 is 27.6. The summed E-state index contributed by atoms with van der Waals surface area (Å²) in [5.74, 6) is -1.58. The van der Waals surface area contributed by atoms with E-state index in [0.717, 1.165) is 5.69 Å². The molecule has 3 fully saturated rings. The summed E-state index contributed by atoms with van der Waals surface area (Å²) in [5.41, 5.74) is 3.56. The summed E-state index contributed by atoms with van der Waals surface area (Å²) in [6, 6.07) is 8.00. The van der Waals surface area contributed by atoms with Crippen LogP contribution in [0.4, 0.5) is 21.9 Å². The van der Waals surface area contributed by atoms with Crippen LogP contribution in [0.2, 0.25) is 0 Å². The Morgan fingerprint density at radius 3 is 2.64 bits per heavy atom. The maximum Gasteiger partial charge on any atom is 0.300 e. The first-order valence-corrected chi connectivity index (χ1v) is 18.4. The summed E-state index contributed by atoms with van der Waals surface area (Å²) in [6.45, 7) is 5.20. The van der Waals surface area contributed by atoms with E-state index in [-0.39, 0.29) is 48.0 Å². The Morgan fingerprint density at radius 2 is 1.88 bits per heavy atom. The van der Waals surface area contributed by atoms with Crippen molar-refractivity contribution in [3.05, 3.63) is 76.7 Å². The van der Waals surface area contributed by atoms with E-state index in [0.29, 0.717) is 92.1 Å². The van der Waals surface area contributed by atoms with Gasteiger partial charge in [-0.15, -0.1) is 0 Å². The predicted molar refractivity (Wildman–Crippen MR) is 197 cm³/mol. The number of aliphatic hydroxyl groups excluding tert-OH is 1. The minimum absolute atomic E-state index is 0.0294. The van der Waals surface area contributed by atoms with Crippen molar-refractivity contribution in [2.75, 3.05) is 54.4 Å². The highest BCUT2D eigenvalue weighted by Gasteiger charge is 2.40. The van der Waals surface area contributed by atoms with Crippen molar-refractivity contribution in [1.29, 1.82) is 0 Å². The molecule has 0 radical (unpaired) electrons. The van der Waals surface area contributed by atoms with Crippen LogP contribution >= 0.6 is 0 Å². The van der Waals surface area contributed by atoms with E-state index in [9.17, 15) is 24.3 Å². The van der Waals surface area contributed by atoms with Crippen LogP contribution in [0, 0.1) is 12.7 Å². The van der Waals surface area contributed by atoms with E-state index in [1.165, 1.54) is 11.2 Å². The third-order valence-electron chi connectivity index (χ3n) is 10.7. The van der Waals surface area contributed by atoms with Crippen LogP contribution in [0.15, 0.2) is 51.6 Å². The molecule has 0 spiro atoms. The van der Waals surface area contributed by atoms with Gasteiger partial charge >= 0.3 is 0 Å². The average molecular weight is 765 g/mol. The van der Waals surface area contributed by atoms with Gasteiger partial charge in [0.2, 0.25) is 23.4 Å². The molecule has 3 N–H and O–H groups in total. The molecule has 4 aliphatic heterocycles. The number of nitrogens with zero attached hydrogens (tertiary/aromatic N) is 8. The van der Waals surface area contributed by atoms with Gasteiger partial charge in [0.25, 0.3) is 17.8 Å². The number of piperidine rings is 1. The molecule has 2 unspecified atom stereocenters. The van der Waals surface area contributed by atoms with Gasteiger partial charge in [-0.2, -0.15) is 4.98 Å². The molecule has 1 aromatic carbocycles. The fourth-order valence-electron chi connectivity index (χ4n) is 7.73. The standard InChI is InChI=1S/C38H37FN10O7/c1-20-14-21(6-8-40-20)36-42-27(19-55-36)34(52)41-26-15-29-32(44-33(26)48-9-7-23(50)17-48)45-38(56-29)47-12-10-46(11-13-47)16-22-2-3-24-25(31(22)39)18-49(37(24)54)28-4-5-30(51)43-35(28)53/h2-3,6,8,14-15,19,23,28,50H,4-5,7,9-13,16-18H2,1H3,(H,41,52)(H,43,51,53). The van der Waals surface area contributed by atoms with Crippen molar-refractivity contribution in [2.45, 2.75) is 51.4 Å². The molecular weight excluding hydrogens is 727 g/mol. The number of aliphatic hydroxyl groups is 1. The summed E-state index contributed by atoms with van der Waals surface area (Å²) in [4.78, 5) is 75.9. The Kier molecular flexibility index (Phi) is 8.92. The van der Waals surface area contributed by atoms with Crippen LogP contribution in [0.3, 0.4) is 0 Å². The molecule has 56 heavy (non-hydrogen) atoms. The zero-order valence-electron chi connectivity index (χ0n) is 30.3. The summed E-state index contributed by atoms with van der Waals surface area (Å²) in [7, 11) is 0. The molecule has 9 rings (SSSR count). The Balaban J connectivity index is 0.885. The minimum atomic E-state index is -0.813. The molecule has 4 aromatic heterocycles. The van der Waals surface area contributed by atoms with Crippen molar-refractivity contribution < 1.29 is 37.5 Å². The van der Waals surface area contributed by atoms with Gasteiger partial charge in [0.05, 0.1) is 18.3 Å². The molecule has 5 aromatic rings. The zero-order valence-corrected chi connectivity index (χ0v) is 30.3. The van der Waals surface area contributed by atoms with Gasteiger partial charge in [-0.25, -0.2) is 14.4 Å². The number of pyridine rings is 2. The molecule has 2 atom stereocenters. The highest BCUT2D eigenvalue weighted by molar-refractivity contribution is 6.06. The highest BCUT2D eigenvalue weighted by atomic mass is 19.1. The van der Waals surface area contributed by atoms with Crippen molar-refractivity contribution in [3.8, 4) is 11.5 Å². The molecule has 4 aliphatic rings. The van der Waals surface area contributed by atoms with Crippen LogP contribution in [0.5, 0.6) is 0 Å². The fraction of sp³-hybridized carbons (Fsp3) is 0.368. The number of aryl methyl sites for hydroxylation is 1. The van der Waals surface area contributed by atoms with Gasteiger partial charge < -0.3 is 34.0 Å². The molecule has 0 saturated carbocycles. The molecule has 288 valence electrons. The maximum absolute atomic E-state index is 15.9. The number of oxazole rings is 2. The fourth-order valence-corrected chi connectivity index (χ4v) is 7.73. The number of imide groups is 1. The number of fused-ring (bicyclic) bond motifs is 2. The molecule has 17 nitrogen and oxygen atoms in total. The van der Waals surface area contributed by atoms with Gasteiger partial charge in [-0.1, -0.05) is 6.07 Å². The molecule has 8 heterocycles. The van der Waals surface area contributed by atoms with Crippen LogP contribution in [0.1, 0.15) is 56.9 Å². The normalized spacial score (nSPS) is 20.3. The Labute approximate surface area is 318 Å². The average Bonchev–Trinajstić information content (AvgIpc) is 4.00. The predicted octanol–water partition coefficient (Wildman–Crippen LogP) is 2.63. The first-order valence-electron chi connectivity index (χ1n) is 18.4. The van der Waals surface area contributed by atoms with Crippen molar-refractivity contribution in [3.63, 3.8) is 0 Å². The second-order valence-corrected chi connectivity index (χ2v) is 14.5. The number of anilines is 3. The molecule has 0 bridgehead atoms. The number of carbonyl (C=O) groups is 4. The first-order chi connectivity index (χ1) is 27.1. The second kappa shape index (κ2) is 14.1. The van der Waals surface area contributed by atoms with E-state index in [1.807, 2.05) is 22.8 Å². The van der Waals surface area contributed by atoms with Crippen molar-refractivity contribution >= 4 is 52.4 Å². The molecule has 0 aliphatic carbocycles. The monoisotopic (exact) mass is 764 g/mol. The van der Waals surface area contributed by atoms with Gasteiger partial charge in [-0.05, 0) is 38.0 Å². The quantitative estimate of drug-likeness (QED) is 0.195. The van der Waals surface area contributed by atoms with E-state index < -0.39 is 35.7 Å². The number of piperazine rings is 1. The van der Waals surface area contributed by atoms with Gasteiger partial charge in [-0.3, -0.25) is 34.4 Å². The lowest BCUT2D eigenvalue weighted by Gasteiger charge is -2.33. The summed E-state index contributed by atoms with van der Waals surface area (Å²) in [5, 5.41) is 15.5. The van der Waals surface area contributed by atoms with Crippen LogP contribution < -0.4 is 20.4 Å². The van der Waals surface area contributed by atoms with E-state index in [1.54, 1.807) is 30.5 Å². The van der Waals surface area contributed by atoms with Crippen LogP contribution in [-0.2, 0) is 22.7 Å². The summed E-state index contributed by atoms with van der Waals surface area (Å²) >= 11 is 0. The minimum Gasteiger partial charge on any atom is -0.444 e. The number of amides is 4. The zero-order chi connectivity index (χ0) is 38.7. The number of rotatable bonds is 8. The smallest absolute Gasteiger partial charge is 0.300 e. The molecule has 4 amide bonds. The third kappa shape index (κ3) is 6.59. The Hall–Kier alpha value is -6.27. The number of nitrogens with one attached hydrogen (secondary N) is 2. The van der Waals surface area contributed by atoms with E-state index in [4.69, 9.17) is 13.8 Å². The topological polar surface area (TPSA) is 203 Å². The number of carbonyl (C=O) groups excluding carboxylic acids is 4. The van der Waals surface area contributed by atoms with Gasteiger partial charge in [0, 0.05) is 92.4 Å². The number of halogens is 1. The van der Waals surface area contributed by atoms with Crippen molar-refractivity contribution in [2.24, 2.45) is 0 Å².